The fraction of sp³-hybridized carbons (Fsp3) is 0.0500. The van der Waals surface area contributed by atoms with E-state index in [0.717, 1.165) is 5.56 Å². The molecule has 1 aromatic heterocycles. The zero-order valence-corrected chi connectivity index (χ0v) is 16.1. The molecule has 0 atom stereocenters. The van der Waals surface area contributed by atoms with E-state index in [2.05, 4.69) is 15.5 Å². The summed E-state index contributed by atoms with van der Waals surface area (Å²) >= 11 is 12.1. The number of halogens is 3. The molecule has 0 aliphatic rings. The van der Waals surface area contributed by atoms with Gasteiger partial charge in [-0.15, -0.1) is 10.2 Å². The van der Waals surface area contributed by atoms with E-state index in [1.54, 1.807) is 30.3 Å². The van der Waals surface area contributed by atoms with E-state index in [0.29, 0.717) is 32.5 Å². The summed E-state index contributed by atoms with van der Waals surface area (Å²) in [5.41, 5.74) is 3.54. The molecular weight excluding hydrogens is 402 g/mol. The average Bonchev–Trinajstić information content (AvgIpc) is 3.07. The highest BCUT2D eigenvalue weighted by atomic mass is 35.5. The molecular formula is C20H13Cl2FN4O. The topological polar surface area (TPSA) is 59.8 Å². The molecule has 28 heavy (non-hydrogen) atoms. The molecule has 0 fully saturated rings. The van der Waals surface area contributed by atoms with Gasteiger partial charge in [-0.25, -0.2) is 4.39 Å². The molecule has 1 N–H and O–H groups in total. The van der Waals surface area contributed by atoms with Gasteiger partial charge in [0, 0.05) is 10.7 Å². The number of amides is 1. The Bertz CT molecular complexity index is 1210. The van der Waals surface area contributed by atoms with E-state index >= 15 is 0 Å². The Labute approximate surface area is 169 Å². The molecule has 0 saturated heterocycles. The second-order valence-electron chi connectivity index (χ2n) is 6.20. The van der Waals surface area contributed by atoms with Crippen LogP contribution in [-0.2, 0) is 0 Å². The predicted octanol–water partition coefficient (Wildman–Crippen LogP) is 5.43. The number of rotatable bonds is 3. The number of benzene rings is 3. The Kier molecular flexibility index (Phi) is 4.75. The highest BCUT2D eigenvalue weighted by Crippen LogP contribution is 2.25. The monoisotopic (exact) mass is 414 g/mol. The number of carbonyl (C=O) groups excluding carboxylic acids is 1. The smallest absolute Gasteiger partial charge is 0.257 e. The Balaban J connectivity index is 1.68. The molecule has 0 unspecified atom stereocenters. The maximum absolute atomic E-state index is 13.1. The van der Waals surface area contributed by atoms with Gasteiger partial charge in [0.05, 0.1) is 16.3 Å². The number of hydrogen-bond acceptors (Lipinski definition) is 3. The van der Waals surface area contributed by atoms with Crippen molar-refractivity contribution < 1.29 is 9.18 Å². The number of nitrogens with one attached hydrogen (secondary N) is 1. The number of aromatic nitrogens is 3. The van der Waals surface area contributed by atoms with Crippen LogP contribution in [0.1, 0.15) is 15.9 Å². The fourth-order valence-electron chi connectivity index (χ4n) is 2.75. The molecule has 3 aromatic carbocycles. The molecule has 5 nitrogen and oxygen atoms in total. The van der Waals surface area contributed by atoms with Crippen molar-refractivity contribution in [3.8, 4) is 5.69 Å². The van der Waals surface area contributed by atoms with Crippen LogP contribution in [-0.4, -0.2) is 20.9 Å². The van der Waals surface area contributed by atoms with Crippen molar-refractivity contribution in [3.05, 3.63) is 81.6 Å². The minimum atomic E-state index is -0.374. The van der Waals surface area contributed by atoms with Crippen molar-refractivity contribution in [1.29, 1.82) is 0 Å². The second-order valence-corrected chi connectivity index (χ2v) is 7.04. The van der Waals surface area contributed by atoms with Crippen LogP contribution in [0.2, 0.25) is 10.0 Å². The second kappa shape index (κ2) is 7.22. The lowest BCUT2D eigenvalue weighted by atomic mass is 10.1. The molecule has 4 aromatic rings. The largest absolute Gasteiger partial charge is 0.322 e. The van der Waals surface area contributed by atoms with E-state index in [1.165, 1.54) is 23.0 Å². The number of fused-ring (bicyclic) bond motifs is 1. The molecule has 4 rings (SSSR count). The van der Waals surface area contributed by atoms with Crippen LogP contribution in [0.5, 0.6) is 0 Å². The maximum atomic E-state index is 13.1. The van der Waals surface area contributed by atoms with E-state index in [-0.39, 0.29) is 17.3 Å². The number of hydrogen-bond donors (Lipinski definition) is 1. The van der Waals surface area contributed by atoms with Crippen molar-refractivity contribution >= 4 is 45.8 Å². The molecule has 0 radical (unpaired) electrons. The van der Waals surface area contributed by atoms with Gasteiger partial charge >= 0.3 is 0 Å². The molecule has 1 amide bonds. The predicted molar refractivity (Wildman–Crippen MR) is 108 cm³/mol. The Hall–Kier alpha value is -2.96. The van der Waals surface area contributed by atoms with Gasteiger partial charge in [0.1, 0.15) is 16.9 Å². The Morgan fingerprint density at radius 3 is 2.39 bits per heavy atom. The van der Waals surface area contributed by atoms with Gasteiger partial charge in [0.2, 0.25) is 0 Å². The van der Waals surface area contributed by atoms with Crippen LogP contribution >= 0.6 is 23.2 Å². The van der Waals surface area contributed by atoms with Crippen molar-refractivity contribution in [2.45, 2.75) is 6.92 Å². The lowest BCUT2D eigenvalue weighted by Gasteiger charge is -2.09. The summed E-state index contributed by atoms with van der Waals surface area (Å²) in [4.78, 5) is 14.0. The quantitative estimate of drug-likeness (QED) is 0.486. The molecule has 0 bridgehead atoms. The zero-order chi connectivity index (χ0) is 19.8. The summed E-state index contributed by atoms with van der Waals surface area (Å²) < 4.78 is 13.1. The molecule has 0 aliphatic carbocycles. The van der Waals surface area contributed by atoms with Gasteiger partial charge in [-0.2, -0.15) is 4.80 Å². The van der Waals surface area contributed by atoms with Crippen LogP contribution in [0.25, 0.3) is 16.7 Å². The van der Waals surface area contributed by atoms with Crippen LogP contribution in [0.4, 0.5) is 10.1 Å². The molecule has 0 spiro atoms. The van der Waals surface area contributed by atoms with Crippen LogP contribution in [0.15, 0.2) is 54.6 Å². The van der Waals surface area contributed by atoms with Gasteiger partial charge in [-0.05, 0) is 67.1 Å². The van der Waals surface area contributed by atoms with Crippen molar-refractivity contribution in [1.82, 2.24) is 15.0 Å². The standard InChI is InChI=1S/C20H13Cl2FN4O/c1-11-8-18-19(26-27(25-18)14-5-3-13(23)4-6-14)10-17(11)24-20(28)15-9-12(21)2-7-16(15)22/h2-10H,1H3,(H,24,28). The molecule has 1 heterocycles. The maximum Gasteiger partial charge on any atom is 0.257 e. The number of nitrogens with zero attached hydrogens (tertiary/aromatic N) is 3. The summed E-state index contributed by atoms with van der Waals surface area (Å²) in [5, 5.41) is 12.4. The third-order valence-electron chi connectivity index (χ3n) is 4.21. The summed E-state index contributed by atoms with van der Waals surface area (Å²) in [6, 6.07) is 14.1. The first-order valence-corrected chi connectivity index (χ1v) is 9.06. The normalized spacial score (nSPS) is 11.0. The third-order valence-corrected chi connectivity index (χ3v) is 4.77. The summed E-state index contributed by atoms with van der Waals surface area (Å²) in [7, 11) is 0. The van der Waals surface area contributed by atoms with Gasteiger partial charge in [0.25, 0.3) is 5.91 Å². The van der Waals surface area contributed by atoms with Crippen LogP contribution < -0.4 is 5.32 Å². The van der Waals surface area contributed by atoms with Gasteiger partial charge in [-0.3, -0.25) is 4.79 Å². The fourth-order valence-corrected chi connectivity index (χ4v) is 3.13. The van der Waals surface area contributed by atoms with Crippen molar-refractivity contribution in [2.24, 2.45) is 0 Å². The highest BCUT2D eigenvalue weighted by molar-refractivity contribution is 6.36. The summed E-state index contributed by atoms with van der Waals surface area (Å²) in [6.07, 6.45) is 0. The number of carbonyl (C=O) groups is 1. The molecule has 8 heteroatoms. The van der Waals surface area contributed by atoms with Crippen LogP contribution in [0, 0.1) is 12.7 Å². The lowest BCUT2D eigenvalue weighted by Crippen LogP contribution is -2.13. The third kappa shape index (κ3) is 3.56. The van der Waals surface area contributed by atoms with Gasteiger partial charge in [0.15, 0.2) is 0 Å². The van der Waals surface area contributed by atoms with Crippen LogP contribution in [0.3, 0.4) is 0 Å². The first-order chi connectivity index (χ1) is 13.4. The lowest BCUT2D eigenvalue weighted by molar-refractivity contribution is 0.102. The van der Waals surface area contributed by atoms with E-state index in [9.17, 15) is 9.18 Å². The van der Waals surface area contributed by atoms with E-state index in [4.69, 9.17) is 23.2 Å². The first-order valence-electron chi connectivity index (χ1n) is 8.31. The minimum Gasteiger partial charge on any atom is -0.322 e. The van der Waals surface area contributed by atoms with Gasteiger partial charge < -0.3 is 5.32 Å². The minimum absolute atomic E-state index is 0.281. The molecule has 0 aliphatic heterocycles. The van der Waals surface area contributed by atoms with E-state index < -0.39 is 0 Å². The summed E-state index contributed by atoms with van der Waals surface area (Å²) in [6.45, 7) is 1.85. The molecule has 140 valence electrons. The van der Waals surface area contributed by atoms with Gasteiger partial charge in [-0.1, -0.05) is 23.2 Å². The van der Waals surface area contributed by atoms with Crippen molar-refractivity contribution in [3.63, 3.8) is 0 Å². The first kappa shape index (κ1) is 18.4. The zero-order valence-electron chi connectivity index (χ0n) is 14.6. The highest BCUT2D eigenvalue weighted by Gasteiger charge is 2.14. The summed E-state index contributed by atoms with van der Waals surface area (Å²) in [5.74, 6) is -0.707. The number of anilines is 1. The average molecular weight is 415 g/mol. The number of aryl methyl sites for hydroxylation is 1. The Morgan fingerprint density at radius 2 is 1.68 bits per heavy atom. The molecule has 0 saturated carbocycles. The Morgan fingerprint density at radius 1 is 1.00 bits per heavy atom. The van der Waals surface area contributed by atoms with E-state index in [1.807, 2.05) is 13.0 Å². The van der Waals surface area contributed by atoms with Crippen molar-refractivity contribution in [2.75, 3.05) is 5.32 Å². The SMILES string of the molecule is Cc1cc2nn(-c3ccc(F)cc3)nc2cc1NC(=O)c1cc(Cl)ccc1Cl.